The third-order valence-corrected chi connectivity index (χ3v) is 5.11. The van der Waals surface area contributed by atoms with E-state index in [1.807, 2.05) is 0 Å². The Morgan fingerprint density at radius 1 is 1.19 bits per heavy atom. The van der Waals surface area contributed by atoms with Gasteiger partial charge in [-0.1, -0.05) is 18.6 Å². The van der Waals surface area contributed by atoms with Crippen molar-refractivity contribution in [2.75, 3.05) is 11.0 Å². The van der Waals surface area contributed by atoms with Crippen molar-refractivity contribution in [3.05, 3.63) is 29.8 Å². The monoisotopic (exact) mass is 308 g/mol. The summed E-state index contributed by atoms with van der Waals surface area (Å²) in [6, 6.07) is 6.94. The van der Waals surface area contributed by atoms with E-state index in [0.29, 0.717) is 17.2 Å². The summed E-state index contributed by atoms with van der Waals surface area (Å²) in [7, 11) is -3.40. The predicted molar refractivity (Wildman–Crippen MR) is 81.6 cm³/mol. The van der Waals surface area contributed by atoms with Crippen LogP contribution >= 0.6 is 0 Å². The summed E-state index contributed by atoms with van der Waals surface area (Å²) in [4.78, 5) is 12.4. The Morgan fingerprint density at radius 2 is 1.95 bits per heavy atom. The van der Waals surface area contributed by atoms with Gasteiger partial charge in [-0.25, -0.2) is 8.42 Å². The topological polar surface area (TPSA) is 75.3 Å². The Labute approximate surface area is 125 Å². The van der Waals surface area contributed by atoms with E-state index in [1.165, 1.54) is 19.3 Å². The van der Waals surface area contributed by atoms with Gasteiger partial charge >= 0.3 is 0 Å². The number of benzene rings is 1. The van der Waals surface area contributed by atoms with E-state index in [-0.39, 0.29) is 11.9 Å². The molecule has 0 radical (unpaired) electrons. The highest BCUT2D eigenvalue weighted by Crippen LogP contribution is 2.44. The molecule has 0 aromatic heterocycles. The largest absolute Gasteiger partial charge is 0.349 e. The molecule has 0 spiro atoms. The molecule has 3 rings (SSSR count). The van der Waals surface area contributed by atoms with E-state index in [4.69, 9.17) is 0 Å². The van der Waals surface area contributed by atoms with Crippen LogP contribution in [0.1, 0.15) is 36.0 Å². The van der Waals surface area contributed by atoms with Gasteiger partial charge in [0.15, 0.2) is 0 Å². The quantitative estimate of drug-likeness (QED) is 0.893. The molecule has 3 atom stereocenters. The van der Waals surface area contributed by atoms with Crippen LogP contribution in [0.25, 0.3) is 0 Å². The molecule has 2 fully saturated rings. The second-order valence-corrected chi connectivity index (χ2v) is 7.92. The number of hydrogen-bond donors (Lipinski definition) is 2. The molecule has 2 aliphatic rings. The molecular weight excluding hydrogens is 288 g/mol. The predicted octanol–water partition coefficient (Wildman–Crippen LogP) is 1.98. The fourth-order valence-corrected chi connectivity index (χ4v) is 4.21. The number of rotatable bonds is 4. The van der Waals surface area contributed by atoms with Crippen molar-refractivity contribution in [3.63, 3.8) is 0 Å². The summed E-state index contributed by atoms with van der Waals surface area (Å²) in [5, 5.41) is 3.08. The van der Waals surface area contributed by atoms with Crippen LogP contribution in [0, 0.1) is 11.8 Å². The van der Waals surface area contributed by atoms with E-state index < -0.39 is 10.0 Å². The Bertz CT molecular complexity index is 657. The Balaban J connectivity index is 1.75. The van der Waals surface area contributed by atoms with Crippen molar-refractivity contribution in [3.8, 4) is 0 Å². The first-order valence-electron chi connectivity index (χ1n) is 7.30. The van der Waals surface area contributed by atoms with Gasteiger partial charge in [0.05, 0.1) is 17.5 Å². The fourth-order valence-electron chi connectivity index (χ4n) is 3.64. The maximum atomic E-state index is 12.4. The van der Waals surface area contributed by atoms with Crippen LogP contribution in [0.5, 0.6) is 0 Å². The minimum Gasteiger partial charge on any atom is -0.349 e. The number of amides is 1. The molecule has 1 amide bonds. The Hall–Kier alpha value is -1.56. The maximum absolute atomic E-state index is 12.4. The van der Waals surface area contributed by atoms with Crippen LogP contribution in [0.4, 0.5) is 5.69 Å². The average Bonchev–Trinajstić information content (AvgIpc) is 2.99. The minimum atomic E-state index is -3.40. The molecule has 0 saturated heterocycles. The molecule has 114 valence electrons. The smallest absolute Gasteiger partial charge is 0.253 e. The lowest BCUT2D eigenvalue weighted by Gasteiger charge is -2.23. The first-order chi connectivity index (χ1) is 9.92. The number of hydrogen-bond acceptors (Lipinski definition) is 3. The molecule has 6 heteroatoms. The van der Waals surface area contributed by atoms with Crippen molar-refractivity contribution in [2.45, 2.75) is 31.7 Å². The average molecular weight is 308 g/mol. The van der Waals surface area contributed by atoms with E-state index in [0.717, 1.165) is 18.6 Å². The lowest BCUT2D eigenvalue weighted by atomic mass is 9.95. The molecule has 0 aliphatic heterocycles. The molecular formula is C15H20N2O3S. The van der Waals surface area contributed by atoms with Crippen LogP contribution in [0.3, 0.4) is 0 Å². The van der Waals surface area contributed by atoms with Crippen LogP contribution in [-0.4, -0.2) is 26.6 Å². The second kappa shape index (κ2) is 5.33. The molecule has 0 unspecified atom stereocenters. The van der Waals surface area contributed by atoms with Crippen molar-refractivity contribution < 1.29 is 13.2 Å². The molecule has 2 N–H and O–H groups in total. The highest BCUT2D eigenvalue weighted by atomic mass is 32.2. The SMILES string of the molecule is CS(=O)(=O)Nc1ccccc1C(=O)N[C@@H]1C[C@@H]2CC[C@H]1C2. The zero-order chi connectivity index (χ0) is 15.0. The summed E-state index contributed by atoms with van der Waals surface area (Å²) in [5.74, 6) is 1.15. The van der Waals surface area contributed by atoms with Crippen molar-refractivity contribution in [2.24, 2.45) is 11.8 Å². The summed E-state index contributed by atoms with van der Waals surface area (Å²) in [6.07, 6.45) is 5.83. The Morgan fingerprint density at radius 3 is 2.57 bits per heavy atom. The highest BCUT2D eigenvalue weighted by Gasteiger charge is 2.40. The number of anilines is 1. The molecule has 2 saturated carbocycles. The second-order valence-electron chi connectivity index (χ2n) is 6.17. The van der Waals surface area contributed by atoms with Gasteiger partial charge in [-0.05, 0) is 43.2 Å². The lowest BCUT2D eigenvalue weighted by Crippen LogP contribution is -2.38. The van der Waals surface area contributed by atoms with Crippen molar-refractivity contribution in [1.82, 2.24) is 5.32 Å². The summed E-state index contributed by atoms with van der Waals surface area (Å²) in [5.41, 5.74) is 0.714. The standard InChI is InChI=1S/C15H20N2O3S/c1-21(19,20)17-13-5-3-2-4-12(13)15(18)16-14-9-10-6-7-11(14)8-10/h2-5,10-11,14,17H,6-9H2,1H3,(H,16,18)/t10-,11+,14-/m1/s1. The van der Waals surface area contributed by atoms with Crippen molar-refractivity contribution in [1.29, 1.82) is 0 Å². The zero-order valence-corrected chi connectivity index (χ0v) is 12.8. The van der Waals surface area contributed by atoms with Crippen LogP contribution in [0.2, 0.25) is 0 Å². The molecule has 2 bridgehead atoms. The molecule has 5 nitrogen and oxygen atoms in total. The van der Waals surface area contributed by atoms with Crippen molar-refractivity contribution >= 4 is 21.6 Å². The minimum absolute atomic E-state index is 0.195. The van der Waals surface area contributed by atoms with E-state index in [2.05, 4.69) is 10.0 Å². The van der Waals surface area contributed by atoms with E-state index >= 15 is 0 Å². The summed E-state index contributed by atoms with van der Waals surface area (Å²) >= 11 is 0. The van der Waals surface area contributed by atoms with Gasteiger partial charge in [0, 0.05) is 6.04 Å². The van der Waals surface area contributed by atoms with E-state index in [9.17, 15) is 13.2 Å². The van der Waals surface area contributed by atoms with Gasteiger partial charge in [0.1, 0.15) is 0 Å². The first-order valence-corrected chi connectivity index (χ1v) is 9.19. The normalized spacial score (nSPS) is 27.6. The van der Waals surface area contributed by atoms with Crippen LogP contribution < -0.4 is 10.0 Å². The third-order valence-electron chi connectivity index (χ3n) is 4.52. The summed E-state index contributed by atoms with van der Waals surface area (Å²) < 4.78 is 25.2. The maximum Gasteiger partial charge on any atom is 0.253 e. The van der Waals surface area contributed by atoms with Crippen LogP contribution in [0.15, 0.2) is 24.3 Å². The number of para-hydroxylation sites is 1. The third kappa shape index (κ3) is 3.20. The number of nitrogens with one attached hydrogen (secondary N) is 2. The van der Waals surface area contributed by atoms with Gasteiger partial charge in [0.2, 0.25) is 10.0 Å². The van der Waals surface area contributed by atoms with E-state index in [1.54, 1.807) is 24.3 Å². The van der Waals surface area contributed by atoms with Gasteiger partial charge in [0.25, 0.3) is 5.91 Å². The highest BCUT2D eigenvalue weighted by molar-refractivity contribution is 7.92. The lowest BCUT2D eigenvalue weighted by molar-refractivity contribution is 0.0924. The first kappa shape index (κ1) is 14.4. The number of carbonyl (C=O) groups excluding carboxylic acids is 1. The van der Waals surface area contributed by atoms with Gasteiger partial charge in [-0.3, -0.25) is 9.52 Å². The molecule has 21 heavy (non-hydrogen) atoms. The molecule has 1 aromatic carbocycles. The van der Waals surface area contributed by atoms with Crippen LogP contribution in [-0.2, 0) is 10.0 Å². The number of fused-ring (bicyclic) bond motifs is 2. The molecule has 0 heterocycles. The Kier molecular flexibility index (Phi) is 3.65. The van der Waals surface area contributed by atoms with Gasteiger partial charge < -0.3 is 5.32 Å². The zero-order valence-electron chi connectivity index (χ0n) is 12.0. The fraction of sp³-hybridized carbons (Fsp3) is 0.533. The number of carbonyl (C=O) groups is 1. The number of sulfonamides is 1. The summed E-state index contributed by atoms with van der Waals surface area (Å²) in [6.45, 7) is 0. The molecule has 1 aromatic rings. The van der Waals surface area contributed by atoms with Gasteiger partial charge in [-0.2, -0.15) is 0 Å². The van der Waals surface area contributed by atoms with Gasteiger partial charge in [-0.15, -0.1) is 0 Å². The molecule has 2 aliphatic carbocycles.